The third-order valence-electron chi connectivity index (χ3n) is 3.16. The van der Waals surface area contributed by atoms with Gasteiger partial charge in [0.05, 0.1) is 34.2 Å². The van der Waals surface area contributed by atoms with Gasteiger partial charge in [0.15, 0.2) is 5.65 Å². The number of benzene rings is 1. The Morgan fingerprint density at radius 2 is 1.79 bits per heavy atom. The molecule has 0 saturated heterocycles. The van der Waals surface area contributed by atoms with E-state index in [4.69, 9.17) is 0 Å². The quantitative estimate of drug-likeness (QED) is 0.572. The van der Waals surface area contributed by atoms with E-state index < -0.39 is 0 Å². The van der Waals surface area contributed by atoms with Crippen LogP contribution >= 0.6 is 0 Å². The fourth-order valence-electron chi connectivity index (χ4n) is 2.23. The van der Waals surface area contributed by atoms with Crippen molar-refractivity contribution in [1.29, 1.82) is 0 Å². The number of nitrogens with zero attached hydrogens (tertiary/aromatic N) is 2. The lowest BCUT2D eigenvalue weighted by Gasteiger charge is -2.08. The number of amides is 1. The number of carbonyl (C=O) groups excluding carboxylic acids is 1. The lowest BCUT2D eigenvalue weighted by Crippen LogP contribution is -2.11. The van der Waals surface area contributed by atoms with Crippen molar-refractivity contribution in [2.45, 2.75) is 0 Å². The van der Waals surface area contributed by atoms with Crippen LogP contribution in [0.3, 0.4) is 0 Å². The minimum absolute atomic E-state index is 0.178. The molecule has 0 bridgehead atoms. The molecule has 6 heteroatoms. The second kappa shape index (κ2) is 3.55. The highest BCUT2D eigenvalue weighted by atomic mass is 16.1. The van der Waals surface area contributed by atoms with Gasteiger partial charge in [0, 0.05) is 6.20 Å². The Kier molecular flexibility index (Phi) is 1.88. The molecule has 0 saturated carbocycles. The maximum Gasteiger partial charge on any atom is 0.259 e. The van der Waals surface area contributed by atoms with Crippen LogP contribution in [0.5, 0.6) is 0 Å². The van der Waals surface area contributed by atoms with Gasteiger partial charge >= 0.3 is 0 Å². The molecule has 3 heterocycles. The standard InChI is InChI=1S/C13H9N5O/c19-13-8-5-14-12-7(6-15-18-12)11(8)16-9-3-1-2-4-10(9)17-13/h1-6,16H,(H,17,19)(H,14,15,18). The molecule has 4 rings (SSSR count). The Balaban J connectivity index is 2.03. The van der Waals surface area contributed by atoms with Crippen LogP contribution in [0.1, 0.15) is 10.4 Å². The Morgan fingerprint density at radius 3 is 2.63 bits per heavy atom. The van der Waals surface area contributed by atoms with Gasteiger partial charge in [-0.3, -0.25) is 9.89 Å². The van der Waals surface area contributed by atoms with Gasteiger partial charge in [-0.1, -0.05) is 12.1 Å². The van der Waals surface area contributed by atoms with Crippen molar-refractivity contribution in [2.24, 2.45) is 0 Å². The van der Waals surface area contributed by atoms with Gasteiger partial charge in [-0.15, -0.1) is 0 Å². The monoisotopic (exact) mass is 251 g/mol. The van der Waals surface area contributed by atoms with E-state index in [-0.39, 0.29) is 5.91 Å². The third-order valence-corrected chi connectivity index (χ3v) is 3.16. The summed E-state index contributed by atoms with van der Waals surface area (Å²) < 4.78 is 0. The van der Waals surface area contributed by atoms with E-state index in [1.54, 1.807) is 12.4 Å². The number of hydrogen-bond donors (Lipinski definition) is 3. The molecule has 3 aromatic rings. The van der Waals surface area contributed by atoms with Gasteiger partial charge in [-0.05, 0) is 12.1 Å². The number of aromatic amines is 1. The Hall–Kier alpha value is -2.89. The van der Waals surface area contributed by atoms with E-state index in [1.807, 2.05) is 24.3 Å². The summed E-state index contributed by atoms with van der Waals surface area (Å²) in [6.45, 7) is 0. The lowest BCUT2D eigenvalue weighted by molar-refractivity contribution is 0.102. The summed E-state index contributed by atoms with van der Waals surface area (Å²) in [5.41, 5.74) is 3.48. The summed E-state index contributed by atoms with van der Waals surface area (Å²) in [5.74, 6) is -0.178. The minimum atomic E-state index is -0.178. The van der Waals surface area contributed by atoms with Crippen LogP contribution < -0.4 is 10.6 Å². The normalized spacial score (nSPS) is 13.2. The van der Waals surface area contributed by atoms with E-state index in [0.717, 1.165) is 22.4 Å². The van der Waals surface area contributed by atoms with Crippen molar-refractivity contribution in [2.75, 3.05) is 10.6 Å². The number of carbonyl (C=O) groups is 1. The van der Waals surface area contributed by atoms with Crippen LogP contribution in [0.2, 0.25) is 0 Å². The average Bonchev–Trinajstić information content (AvgIpc) is 2.84. The average molecular weight is 251 g/mol. The van der Waals surface area contributed by atoms with Gasteiger partial charge in [-0.2, -0.15) is 5.10 Å². The smallest absolute Gasteiger partial charge is 0.259 e. The molecular formula is C13H9N5O. The highest BCUT2D eigenvalue weighted by molar-refractivity contribution is 6.15. The molecule has 6 nitrogen and oxygen atoms in total. The second-order valence-electron chi connectivity index (χ2n) is 4.30. The van der Waals surface area contributed by atoms with Crippen molar-refractivity contribution in [1.82, 2.24) is 15.2 Å². The number of para-hydroxylation sites is 2. The zero-order chi connectivity index (χ0) is 12.8. The lowest BCUT2D eigenvalue weighted by atomic mass is 10.1. The largest absolute Gasteiger partial charge is 0.352 e. The van der Waals surface area contributed by atoms with Crippen LogP contribution in [-0.4, -0.2) is 21.1 Å². The Bertz CT molecular complexity index is 808. The van der Waals surface area contributed by atoms with Crippen LogP contribution in [0.4, 0.5) is 17.1 Å². The predicted molar refractivity (Wildman–Crippen MR) is 71.6 cm³/mol. The summed E-state index contributed by atoms with van der Waals surface area (Å²) in [5, 5.41) is 13.7. The molecule has 0 radical (unpaired) electrons. The SMILES string of the molecule is O=C1Nc2ccccc2Nc2c1cnc1[nH]ncc21. The Morgan fingerprint density at radius 1 is 1.00 bits per heavy atom. The van der Waals surface area contributed by atoms with Gasteiger partial charge in [0.2, 0.25) is 0 Å². The van der Waals surface area contributed by atoms with Crippen molar-refractivity contribution < 1.29 is 4.79 Å². The maximum absolute atomic E-state index is 12.2. The number of nitrogens with one attached hydrogen (secondary N) is 3. The first-order valence-electron chi connectivity index (χ1n) is 5.82. The van der Waals surface area contributed by atoms with Crippen LogP contribution in [-0.2, 0) is 0 Å². The molecule has 19 heavy (non-hydrogen) atoms. The zero-order valence-electron chi connectivity index (χ0n) is 9.77. The summed E-state index contributed by atoms with van der Waals surface area (Å²) in [7, 11) is 0. The summed E-state index contributed by atoms with van der Waals surface area (Å²) in [4.78, 5) is 16.4. The van der Waals surface area contributed by atoms with Gasteiger partial charge in [0.25, 0.3) is 5.91 Å². The van der Waals surface area contributed by atoms with E-state index >= 15 is 0 Å². The number of aromatic nitrogens is 3. The number of pyridine rings is 1. The first-order chi connectivity index (χ1) is 9.33. The number of fused-ring (bicyclic) bond motifs is 4. The number of hydrogen-bond acceptors (Lipinski definition) is 4. The van der Waals surface area contributed by atoms with E-state index in [0.29, 0.717) is 11.2 Å². The van der Waals surface area contributed by atoms with Crippen LogP contribution in [0, 0.1) is 0 Å². The zero-order valence-corrected chi connectivity index (χ0v) is 9.77. The van der Waals surface area contributed by atoms with Crippen molar-refractivity contribution >= 4 is 34.0 Å². The molecule has 0 fully saturated rings. The Labute approximate surface area is 107 Å². The molecule has 1 aromatic carbocycles. The highest BCUT2D eigenvalue weighted by Crippen LogP contribution is 2.34. The van der Waals surface area contributed by atoms with Crippen molar-refractivity contribution in [3.8, 4) is 0 Å². The van der Waals surface area contributed by atoms with Crippen molar-refractivity contribution in [3.05, 3.63) is 42.2 Å². The molecule has 0 unspecified atom stereocenters. The number of rotatable bonds is 0. The topological polar surface area (TPSA) is 82.7 Å². The minimum Gasteiger partial charge on any atom is -0.352 e. The first kappa shape index (κ1) is 10.1. The molecule has 3 N–H and O–H groups in total. The third kappa shape index (κ3) is 1.40. The molecule has 92 valence electrons. The molecule has 2 aromatic heterocycles. The van der Waals surface area contributed by atoms with Crippen LogP contribution in [0.25, 0.3) is 11.0 Å². The summed E-state index contributed by atoms with van der Waals surface area (Å²) in [6.07, 6.45) is 3.21. The maximum atomic E-state index is 12.2. The summed E-state index contributed by atoms with van der Waals surface area (Å²) in [6, 6.07) is 7.56. The molecule has 1 aliphatic rings. The van der Waals surface area contributed by atoms with E-state index in [1.165, 1.54) is 0 Å². The van der Waals surface area contributed by atoms with Crippen molar-refractivity contribution in [3.63, 3.8) is 0 Å². The molecule has 1 amide bonds. The second-order valence-corrected chi connectivity index (χ2v) is 4.30. The fraction of sp³-hybridized carbons (Fsp3) is 0. The van der Waals surface area contributed by atoms with Gasteiger partial charge in [-0.25, -0.2) is 4.98 Å². The highest BCUT2D eigenvalue weighted by Gasteiger charge is 2.21. The number of anilines is 3. The van der Waals surface area contributed by atoms with E-state index in [9.17, 15) is 4.79 Å². The molecular weight excluding hydrogens is 242 g/mol. The van der Waals surface area contributed by atoms with Gasteiger partial charge < -0.3 is 10.6 Å². The molecule has 0 spiro atoms. The first-order valence-corrected chi connectivity index (χ1v) is 5.82. The molecule has 0 aliphatic carbocycles. The van der Waals surface area contributed by atoms with Gasteiger partial charge in [0.1, 0.15) is 0 Å². The number of H-pyrrole nitrogens is 1. The fourth-order valence-corrected chi connectivity index (χ4v) is 2.23. The van der Waals surface area contributed by atoms with Crippen LogP contribution in [0.15, 0.2) is 36.7 Å². The summed E-state index contributed by atoms with van der Waals surface area (Å²) >= 11 is 0. The van der Waals surface area contributed by atoms with E-state index in [2.05, 4.69) is 25.8 Å². The molecule has 1 aliphatic heterocycles. The molecule has 0 atom stereocenters. The predicted octanol–water partition coefficient (Wildman–Crippen LogP) is 2.27.